The lowest BCUT2D eigenvalue weighted by atomic mass is 10.2. The van der Waals surface area contributed by atoms with Crippen molar-refractivity contribution in [2.24, 2.45) is 0 Å². The Bertz CT molecular complexity index is 229. The van der Waals surface area contributed by atoms with Crippen LogP contribution >= 0.6 is 0 Å². The zero-order valence-corrected chi connectivity index (χ0v) is 8.71. The number of hydrogen-bond acceptors (Lipinski definition) is 4. The third-order valence-electron chi connectivity index (χ3n) is 3.00. The van der Waals surface area contributed by atoms with Crippen LogP contribution in [0.4, 0.5) is 0 Å². The van der Waals surface area contributed by atoms with Gasteiger partial charge in [0.15, 0.2) is 0 Å². The Labute approximate surface area is 89.0 Å². The van der Waals surface area contributed by atoms with Crippen LogP contribution in [-0.4, -0.2) is 37.0 Å². The van der Waals surface area contributed by atoms with Gasteiger partial charge in [0, 0.05) is 0 Å². The molecule has 2 atom stereocenters. The van der Waals surface area contributed by atoms with Crippen molar-refractivity contribution in [3.8, 4) is 0 Å². The Morgan fingerprint density at radius 2 is 1.40 bits per heavy atom. The predicted octanol–water partition coefficient (Wildman–Crippen LogP) is -0.867. The van der Waals surface area contributed by atoms with Crippen molar-refractivity contribution >= 4 is 11.8 Å². The molecular formula is C10H17N3O2. The molecule has 15 heavy (non-hydrogen) atoms. The van der Waals surface area contributed by atoms with Crippen LogP contribution in [0.2, 0.25) is 0 Å². The minimum atomic E-state index is -0.175. The summed E-state index contributed by atoms with van der Waals surface area (Å²) in [7, 11) is 0. The van der Waals surface area contributed by atoms with E-state index in [4.69, 9.17) is 0 Å². The smallest absolute Gasteiger partial charge is 0.243 e. The molecule has 2 aliphatic heterocycles. The molecule has 2 rings (SSSR count). The standard InChI is InChI=1S/C10H17N3O2/c14-9(7-3-1-5-11-7)13-10(15)8-4-2-6-12-8/h7-8,11-12H,1-6H2,(H,13,14,15). The third-order valence-corrected chi connectivity index (χ3v) is 3.00. The zero-order chi connectivity index (χ0) is 10.7. The molecule has 84 valence electrons. The van der Waals surface area contributed by atoms with E-state index in [9.17, 15) is 9.59 Å². The summed E-state index contributed by atoms with van der Waals surface area (Å²) >= 11 is 0. The molecule has 2 heterocycles. The van der Waals surface area contributed by atoms with Gasteiger partial charge in [-0.3, -0.25) is 14.9 Å². The van der Waals surface area contributed by atoms with Crippen molar-refractivity contribution in [1.82, 2.24) is 16.0 Å². The van der Waals surface area contributed by atoms with Crippen LogP contribution in [0.5, 0.6) is 0 Å². The van der Waals surface area contributed by atoms with Crippen molar-refractivity contribution in [1.29, 1.82) is 0 Å². The normalized spacial score (nSPS) is 30.4. The monoisotopic (exact) mass is 211 g/mol. The fourth-order valence-electron chi connectivity index (χ4n) is 2.11. The molecule has 0 saturated carbocycles. The maximum absolute atomic E-state index is 11.6. The summed E-state index contributed by atoms with van der Waals surface area (Å²) in [6, 6.07) is -0.342. The van der Waals surface area contributed by atoms with Crippen LogP contribution in [0.3, 0.4) is 0 Å². The van der Waals surface area contributed by atoms with Gasteiger partial charge in [0.25, 0.3) is 0 Å². The molecule has 0 aromatic heterocycles. The van der Waals surface area contributed by atoms with Crippen LogP contribution in [0.1, 0.15) is 25.7 Å². The van der Waals surface area contributed by atoms with Crippen molar-refractivity contribution < 1.29 is 9.59 Å². The van der Waals surface area contributed by atoms with Gasteiger partial charge in [-0.15, -0.1) is 0 Å². The molecule has 2 unspecified atom stereocenters. The molecule has 2 amide bonds. The summed E-state index contributed by atoms with van der Waals surface area (Å²) in [4.78, 5) is 23.2. The SMILES string of the molecule is O=C(NC(=O)C1CCCN1)C1CCCN1. The number of rotatable bonds is 2. The first kappa shape index (κ1) is 10.6. The Kier molecular flexibility index (Phi) is 3.33. The maximum Gasteiger partial charge on any atom is 0.243 e. The second-order valence-electron chi connectivity index (χ2n) is 4.15. The van der Waals surface area contributed by atoms with Crippen LogP contribution < -0.4 is 16.0 Å². The van der Waals surface area contributed by atoms with Gasteiger partial charge >= 0.3 is 0 Å². The quantitative estimate of drug-likeness (QED) is 0.519. The van der Waals surface area contributed by atoms with Gasteiger partial charge in [0.2, 0.25) is 11.8 Å². The lowest BCUT2D eigenvalue weighted by Gasteiger charge is -2.13. The van der Waals surface area contributed by atoms with E-state index in [0.29, 0.717) is 0 Å². The Morgan fingerprint density at radius 1 is 0.933 bits per heavy atom. The van der Waals surface area contributed by atoms with E-state index in [1.807, 2.05) is 0 Å². The fourth-order valence-corrected chi connectivity index (χ4v) is 2.11. The molecule has 5 heteroatoms. The first-order chi connectivity index (χ1) is 7.27. The van der Waals surface area contributed by atoms with Gasteiger partial charge in [0.1, 0.15) is 0 Å². The minimum Gasteiger partial charge on any atom is -0.306 e. The van der Waals surface area contributed by atoms with E-state index in [-0.39, 0.29) is 23.9 Å². The molecule has 0 aliphatic carbocycles. The summed E-state index contributed by atoms with van der Waals surface area (Å²) in [5, 5.41) is 8.60. The lowest BCUT2D eigenvalue weighted by Crippen LogP contribution is -2.49. The first-order valence-corrected chi connectivity index (χ1v) is 5.59. The molecule has 2 fully saturated rings. The molecule has 0 spiro atoms. The highest BCUT2D eigenvalue weighted by molar-refractivity contribution is 6.00. The molecule has 0 radical (unpaired) electrons. The minimum absolute atomic E-state index is 0.171. The number of imide groups is 1. The summed E-state index contributed by atoms with van der Waals surface area (Å²) < 4.78 is 0. The van der Waals surface area contributed by atoms with E-state index in [2.05, 4.69) is 16.0 Å². The molecule has 2 aliphatic rings. The molecule has 2 saturated heterocycles. The largest absolute Gasteiger partial charge is 0.306 e. The summed E-state index contributed by atoms with van der Waals surface area (Å²) in [5.74, 6) is -0.350. The highest BCUT2D eigenvalue weighted by atomic mass is 16.2. The second-order valence-corrected chi connectivity index (χ2v) is 4.15. The highest BCUT2D eigenvalue weighted by Gasteiger charge is 2.27. The molecule has 0 bridgehead atoms. The fraction of sp³-hybridized carbons (Fsp3) is 0.800. The van der Waals surface area contributed by atoms with Crippen LogP contribution in [0.15, 0.2) is 0 Å². The Balaban J connectivity index is 1.79. The van der Waals surface area contributed by atoms with E-state index >= 15 is 0 Å². The van der Waals surface area contributed by atoms with E-state index < -0.39 is 0 Å². The number of hydrogen-bond donors (Lipinski definition) is 3. The second kappa shape index (κ2) is 4.72. The Hall–Kier alpha value is -0.940. The van der Waals surface area contributed by atoms with Crippen molar-refractivity contribution in [2.45, 2.75) is 37.8 Å². The third kappa shape index (κ3) is 2.54. The topological polar surface area (TPSA) is 70.2 Å². The van der Waals surface area contributed by atoms with Crippen molar-refractivity contribution in [2.75, 3.05) is 13.1 Å². The number of carbonyl (C=O) groups is 2. The average Bonchev–Trinajstić information content (AvgIpc) is 2.91. The first-order valence-electron chi connectivity index (χ1n) is 5.59. The summed E-state index contributed by atoms with van der Waals surface area (Å²) in [5.41, 5.74) is 0. The molecular weight excluding hydrogens is 194 g/mol. The van der Waals surface area contributed by atoms with Gasteiger partial charge in [0.05, 0.1) is 12.1 Å². The molecule has 0 aromatic carbocycles. The van der Waals surface area contributed by atoms with Crippen LogP contribution in [0, 0.1) is 0 Å². The van der Waals surface area contributed by atoms with E-state index in [1.165, 1.54) is 0 Å². The van der Waals surface area contributed by atoms with Crippen molar-refractivity contribution in [3.05, 3.63) is 0 Å². The molecule has 0 aromatic rings. The average molecular weight is 211 g/mol. The van der Waals surface area contributed by atoms with E-state index in [1.54, 1.807) is 0 Å². The summed E-state index contributed by atoms with van der Waals surface area (Å²) in [6.07, 6.45) is 3.68. The summed E-state index contributed by atoms with van der Waals surface area (Å²) in [6.45, 7) is 1.74. The number of carbonyl (C=O) groups excluding carboxylic acids is 2. The number of nitrogens with one attached hydrogen (secondary N) is 3. The van der Waals surface area contributed by atoms with E-state index in [0.717, 1.165) is 38.8 Å². The molecule has 5 nitrogen and oxygen atoms in total. The maximum atomic E-state index is 11.6. The zero-order valence-electron chi connectivity index (χ0n) is 8.71. The van der Waals surface area contributed by atoms with Gasteiger partial charge in [-0.2, -0.15) is 0 Å². The van der Waals surface area contributed by atoms with Gasteiger partial charge in [-0.05, 0) is 38.8 Å². The lowest BCUT2D eigenvalue weighted by molar-refractivity contribution is -0.132. The Morgan fingerprint density at radius 3 is 1.73 bits per heavy atom. The van der Waals surface area contributed by atoms with Crippen molar-refractivity contribution in [3.63, 3.8) is 0 Å². The van der Waals surface area contributed by atoms with Crippen LogP contribution in [-0.2, 0) is 9.59 Å². The highest BCUT2D eigenvalue weighted by Crippen LogP contribution is 2.07. The van der Waals surface area contributed by atoms with Crippen LogP contribution in [0.25, 0.3) is 0 Å². The number of amides is 2. The predicted molar refractivity (Wildman–Crippen MR) is 55.2 cm³/mol. The van der Waals surface area contributed by atoms with Gasteiger partial charge in [-0.1, -0.05) is 0 Å². The van der Waals surface area contributed by atoms with Gasteiger partial charge in [-0.25, -0.2) is 0 Å². The molecule has 3 N–H and O–H groups in total. The van der Waals surface area contributed by atoms with Gasteiger partial charge < -0.3 is 10.6 Å².